The van der Waals surface area contributed by atoms with Crippen LogP contribution in [-0.4, -0.2) is 71.4 Å². The molecule has 2 atom stereocenters. The number of fused-ring (bicyclic) bond motifs is 1. The number of piperidine rings is 1. The quantitative estimate of drug-likeness (QED) is 0.536. The molecule has 2 N–H and O–H groups in total. The van der Waals surface area contributed by atoms with Crippen LogP contribution in [0.25, 0.3) is 22.3 Å². The monoisotopic (exact) mass is 503 g/mol. The van der Waals surface area contributed by atoms with Crippen LogP contribution in [0.15, 0.2) is 40.8 Å². The summed E-state index contributed by atoms with van der Waals surface area (Å²) in [5.74, 6) is -0.532. The molecule has 2 aromatic carbocycles. The van der Waals surface area contributed by atoms with Gasteiger partial charge in [-0.1, -0.05) is 0 Å². The number of nitrogens with zero attached hydrogens (tertiary/aromatic N) is 2. The third-order valence-electron chi connectivity index (χ3n) is 6.65. The van der Waals surface area contributed by atoms with Gasteiger partial charge in [0.15, 0.2) is 0 Å². The number of amides is 1. The molecule has 35 heavy (non-hydrogen) atoms. The predicted molar refractivity (Wildman–Crippen MR) is 134 cm³/mol. The number of halogens is 1. The predicted octanol–water partition coefficient (Wildman–Crippen LogP) is 3.02. The lowest BCUT2D eigenvalue weighted by atomic mass is 9.83. The van der Waals surface area contributed by atoms with E-state index in [0.717, 1.165) is 18.4 Å². The zero-order valence-electron chi connectivity index (χ0n) is 20.2. The molecule has 10 heteroatoms. The van der Waals surface area contributed by atoms with Gasteiger partial charge in [-0.2, -0.15) is 0 Å². The van der Waals surface area contributed by atoms with Crippen LogP contribution < -0.4 is 9.62 Å². The maximum absolute atomic E-state index is 13.5. The normalized spacial score (nSPS) is 19.1. The Morgan fingerprint density at radius 1 is 1.26 bits per heavy atom. The molecule has 8 nitrogen and oxygen atoms in total. The van der Waals surface area contributed by atoms with Crippen LogP contribution in [0.4, 0.5) is 10.1 Å². The lowest BCUT2D eigenvalue weighted by Gasteiger charge is -2.36. The van der Waals surface area contributed by atoms with Crippen molar-refractivity contribution >= 4 is 32.6 Å². The Morgan fingerprint density at radius 3 is 2.54 bits per heavy atom. The minimum Gasteiger partial charge on any atom is -0.455 e. The second kappa shape index (κ2) is 9.60. The molecule has 0 saturated carbocycles. The summed E-state index contributed by atoms with van der Waals surface area (Å²) in [7, 11) is 1.38. The highest BCUT2D eigenvalue weighted by molar-refractivity contribution is 7.92. The molecule has 1 aliphatic heterocycles. The fourth-order valence-corrected chi connectivity index (χ4v) is 5.40. The van der Waals surface area contributed by atoms with Gasteiger partial charge in [-0.25, -0.2) is 12.8 Å². The van der Waals surface area contributed by atoms with E-state index in [-0.39, 0.29) is 30.1 Å². The third kappa shape index (κ3) is 4.91. The van der Waals surface area contributed by atoms with Gasteiger partial charge in [-0.3, -0.25) is 9.10 Å². The number of sulfonamides is 1. The van der Waals surface area contributed by atoms with E-state index in [0.29, 0.717) is 40.7 Å². The average Bonchev–Trinajstić information content (AvgIpc) is 3.20. The van der Waals surface area contributed by atoms with E-state index >= 15 is 0 Å². The van der Waals surface area contributed by atoms with Crippen molar-refractivity contribution in [2.45, 2.75) is 12.3 Å². The van der Waals surface area contributed by atoms with Crippen LogP contribution in [-0.2, 0) is 10.0 Å². The fraction of sp³-hybridized carbons (Fsp3) is 0.400. The molecule has 1 aromatic heterocycles. The smallest absolute Gasteiger partial charge is 0.255 e. The van der Waals surface area contributed by atoms with Crippen LogP contribution in [0, 0.1) is 11.7 Å². The van der Waals surface area contributed by atoms with E-state index in [9.17, 15) is 22.7 Å². The molecule has 0 radical (unpaired) electrons. The van der Waals surface area contributed by atoms with Gasteiger partial charge in [-0.15, -0.1) is 0 Å². The SMILES string of the molecule is CNC(=O)c1c(-c2ccc(F)cc2)oc2cc(N(C)S(C)(=O)=O)c(C3CC(CO)CN(C)C3)cc12. The van der Waals surface area contributed by atoms with Gasteiger partial charge < -0.3 is 19.7 Å². The van der Waals surface area contributed by atoms with Crippen molar-refractivity contribution in [2.24, 2.45) is 5.92 Å². The Balaban J connectivity index is 1.99. The molecule has 1 aliphatic rings. The van der Waals surface area contributed by atoms with Gasteiger partial charge in [0.25, 0.3) is 5.91 Å². The van der Waals surface area contributed by atoms with Gasteiger partial charge >= 0.3 is 0 Å². The summed E-state index contributed by atoms with van der Waals surface area (Å²) in [5, 5.41) is 13.0. The molecule has 1 fully saturated rings. The first-order valence-electron chi connectivity index (χ1n) is 11.3. The molecule has 2 heterocycles. The number of benzene rings is 2. The van der Waals surface area contributed by atoms with Crippen molar-refractivity contribution in [3.05, 3.63) is 53.3 Å². The van der Waals surface area contributed by atoms with Crippen molar-refractivity contribution in [3.63, 3.8) is 0 Å². The number of carbonyl (C=O) groups excluding carboxylic acids is 1. The summed E-state index contributed by atoms with van der Waals surface area (Å²) in [6, 6.07) is 9.12. The molecular weight excluding hydrogens is 473 g/mol. The number of likely N-dealkylation sites (N-methyl/N-ethyl adjacent to an activating group) is 1. The maximum Gasteiger partial charge on any atom is 0.255 e. The largest absolute Gasteiger partial charge is 0.455 e. The molecule has 1 amide bonds. The van der Waals surface area contributed by atoms with Gasteiger partial charge in [0.2, 0.25) is 10.0 Å². The molecular formula is C25H30FN3O5S. The number of aliphatic hydroxyl groups is 1. The van der Waals surface area contributed by atoms with Crippen LogP contribution in [0.1, 0.15) is 28.3 Å². The topological polar surface area (TPSA) is 103 Å². The number of rotatable bonds is 6. The summed E-state index contributed by atoms with van der Waals surface area (Å²) < 4.78 is 45.9. The highest BCUT2D eigenvalue weighted by atomic mass is 32.2. The Kier molecular flexibility index (Phi) is 6.90. The highest BCUT2D eigenvalue weighted by Gasteiger charge is 2.32. The Hall–Kier alpha value is -2.95. The number of nitrogens with one attached hydrogen (secondary N) is 1. The van der Waals surface area contributed by atoms with Crippen LogP contribution >= 0.6 is 0 Å². The Labute approximate surface area is 204 Å². The third-order valence-corrected chi connectivity index (χ3v) is 7.84. The first-order chi connectivity index (χ1) is 16.5. The van der Waals surface area contributed by atoms with Crippen molar-refractivity contribution in [1.82, 2.24) is 10.2 Å². The highest BCUT2D eigenvalue weighted by Crippen LogP contribution is 2.42. The van der Waals surface area contributed by atoms with Crippen molar-refractivity contribution in [3.8, 4) is 11.3 Å². The molecule has 0 bridgehead atoms. The molecule has 3 aromatic rings. The number of aliphatic hydroxyl groups excluding tert-OH is 1. The van der Waals surface area contributed by atoms with Crippen molar-refractivity contribution in [2.75, 3.05) is 51.4 Å². The number of hydrogen-bond donors (Lipinski definition) is 2. The molecule has 2 unspecified atom stereocenters. The number of carbonyl (C=O) groups is 1. The molecule has 188 valence electrons. The van der Waals surface area contributed by atoms with Crippen LogP contribution in [0.3, 0.4) is 0 Å². The minimum absolute atomic E-state index is 0.0320. The fourth-order valence-electron chi connectivity index (χ4n) is 4.88. The molecule has 4 rings (SSSR count). The second-order valence-electron chi connectivity index (χ2n) is 9.23. The number of anilines is 1. The summed E-state index contributed by atoms with van der Waals surface area (Å²) >= 11 is 0. The first-order valence-corrected chi connectivity index (χ1v) is 13.2. The molecule has 1 saturated heterocycles. The summed E-state index contributed by atoms with van der Waals surface area (Å²) in [6.07, 6.45) is 1.81. The van der Waals surface area contributed by atoms with E-state index in [1.807, 2.05) is 13.1 Å². The Morgan fingerprint density at radius 2 is 1.94 bits per heavy atom. The molecule has 0 spiro atoms. The first kappa shape index (κ1) is 25.2. The lowest BCUT2D eigenvalue weighted by Crippen LogP contribution is -2.39. The number of likely N-dealkylation sites (tertiary alicyclic amines) is 1. The summed E-state index contributed by atoms with van der Waals surface area (Å²) in [5.41, 5.74) is 2.39. The summed E-state index contributed by atoms with van der Waals surface area (Å²) in [4.78, 5) is 15.1. The molecule has 0 aliphatic carbocycles. The maximum atomic E-state index is 13.5. The van der Waals surface area contributed by atoms with Gasteiger partial charge in [0.05, 0.1) is 17.5 Å². The summed E-state index contributed by atoms with van der Waals surface area (Å²) in [6.45, 7) is 1.45. The van der Waals surface area contributed by atoms with Crippen LogP contribution in [0.2, 0.25) is 0 Å². The zero-order chi connectivity index (χ0) is 25.5. The van der Waals surface area contributed by atoms with Crippen LogP contribution in [0.5, 0.6) is 0 Å². The second-order valence-corrected chi connectivity index (χ2v) is 11.2. The number of hydrogen-bond acceptors (Lipinski definition) is 6. The zero-order valence-corrected chi connectivity index (χ0v) is 21.0. The average molecular weight is 504 g/mol. The van der Waals surface area contributed by atoms with E-state index in [1.54, 1.807) is 6.07 Å². The Bertz CT molecular complexity index is 1350. The lowest BCUT2D eigenvalue weighted by molar-refractivity contribution is 0.0964. The van der Waals surface area contributed by atoms with Gasteiger partial charge in [0, 0.05) is 50.8 Å². The van der Waals surface area contributed by atoms with Crippen molar-refractivity contribution in [1.29, 1.82) is 0 Å². The van der Waals surface area contributed by atoms with Gasteiger partial charge in [-0.05, 0) is 61.2 Å². The minimum atomic E-state index is -3.59. The number of furan rings is 1. The van der Waals surface area contributed by atoms with Crippen molar-refractivity contribution < 1.29 is 27.1 Å². The van der Waals surface area contributed by atoms with E-state index in [2.05, 4.69) is 10.2 Å². The van der Waals surface area contributed by atoms with E-state index < -0.39 is 15.8 Å². The standard InChI is InChI=1S/C25H30FN3O5S/c1-27-25(31)23-20-10-19(17-9-15(14-30)12-28(2)13-17)21(29(3)35(4,32)33)11-22(20)34-24(23)16-5-7-18(26)8-6-16/h5-8,10-11,15,17,30H,9,12-14H2,1-4H3,(H,27,31). The van der Waals surface area contributed by atoms with E-state index in [4.69, 9.17) is 4.42 Å². The van der Waals surface area contributed by atoms with Gasteiger partial charge in [0.1, 0.15) is 17.2 Å². The van der Waals surface area contributed by atoms with E-state index in [1.165, 1.54) is 42.7 Å².